The van der Waals surface area contributed by atoms with Crippen LogP contribution >= 0.6 is 0 Å². The van der Waals surface area contributed by atoms with Gasteiger partial charge < -0.3 is 15.0 Å². The Morgan fingerprint density at radius 2 is 1.92 bits per heavy atom. The van der Waals surface area contributed by atoms with Gasteiger partial charge in [0, 0.05) is 30.6 Å². The summed E-state index contributed by atoms with van der Waals surface area (Å²) in [5, 5.41) is 3.49. The summed E-state index contributed by atoms with van der Waals surface area (Å²) in [6, 6.07) is 9.00. The van der Waals surface area contributed by atoms with Crippen LogP contribution < -0.4 is 10.2 Å². The van der Waals surface area contributed by atoms with Crippen LogP contribution in [0.3, 0.4) is 0 Å². The van der Waals surface area contributed by atoms with Gasteiger partial charge in [-0.05, 0) is 26.8 Å². The molecule has 0 spiro atoms. The van der Waals surface area contributed by atoms with Gasteiger partial charge in [-0.3, -0.25) is 0 Å². The van der Waals surface area contributed by atoms with Crippen LogP contribution in [0, 0.1) is 6.92 Å². The van der Waals surface area contributed by atoms with Crippen LogP contribution in [0.1, 0.15) is 23.7 Å². The summed E-state index contributed by atoms with van der Waals surface area (Å²) >= 11 is 0. The van der Waals surface area contributed by atoms with Crippen molar-refractivity contribution in [1.29, 1.82) is 0 Å². The van der Waals surface area contributed by atoms with Gasteiger partial charge in [0.2, 0.25) is 5.95 Å². The number of aryl methyl sites for hydroxylation is 1. The molecule has 0 unspecified atom stereocenters. The van der Waals surface area contributed by atoms with Crippen molar-refractivity contribution in [2.75, 3.05) is 37.7 Å². The van der Waals surface area contributed by atoms with E-state index in [-0.39, 0.29) is 0 Å². The highest BCUT2D eigenvalue weighted by atomic mass is 16.5. The SMILES string of the molecule is Cc1ccc(-c2nc(N3CCOC[C@H]3C)nc3c2CCNCC3)cc1. The largest absolute Gasteiger partial charge is 0.377 e. The Labute approximate surface area is 149 Å². The molecule has 25 heavy (non-hydrogen) atoms. The van der Waals surface area contributed by atoms with Gasteiger partial charge in [-0.15, -0.1) is 0 Å². The zero-order valence-corrected chi connectivity index (χ0v) is 15.1. The summed E-state index contributed by atoms with van der Waals surface area (Å²) in [6.45, 7) is 8.61. The van der Waals surface area contributed by atoms with Crippen LogP contribution in [0.4, 0.5) is 5.95 Å². The van der Waals surface area contributed by atoms with Crippen molar-refractivity contribution in [3.05, 3.63) is 41.1 Å². The number of ether oxygens (including phenoxy) is 1. The normalized spacial score (nSPS) is 20.9. The van der Waals surface area contributed by atoms with Gasteiger partial charge in [0.05, 0.1) is 30.6 Å². The van der Waals surface area contributed by atoms with E-state index in [0.29, 0.717) is 6.04 Å². The first-order valence-corrected chi connectivity index (χ1v) is 9.24. The molecule has 1 atom stereocenters. The van der Waals surface area contributed by atoms with E-state index in [2.05, 4.69) is 48.3 Å². The fraction of sp³-hybridized carbons (Fsp3) is 0.500. The minimum Gasteiger partial charge on any atom is -0.377 e. The number of rotatable bonds is 2. The van der Waals surface area contributed by atoms with Crippen LogP contribution in [0.2, 0.25) is 0 Å². The number of morpholine rings is 1. The first-order chi connectivity index (χ1) is 12.2. The topological polar surface area (TPSA) is 50.3 Å². The van der Waals surface area contributed by atoms with Crippen LogP contribution in [0.15, 0.2) is 24.3 Å². The van der Waals surface area contributed by atoms with E-state index in [1.807, 2.05) is 0 Å². The Hall–Kier alpha value is -1.98. The third-order valence-electron chi connectivity index (χ3n) is 5.12. The summed E-state index contributed by atoms with van der Waals surface area (Å²) < 4.78 is 5.59. The Morgan fingerprint density at radius 3 is 2.72 bits per heavy atom. The fourth-order valence-electron chi connectivity index (χ4n) is 3.63. The molecule has 5 nitrogen and oxygen atoms in total. The van der Waals surface area contributed by atoms with Gasteiger partial charge in [-0.25, -0.2) is 9.97 Å². The lowest BCUT2D eigenvalue weighted by Crippen LogP contribution is -2.44. The summed E-state index contributed by atoms with van der Waals surface area (Å²) in [5.74, 6) is 0.854. The van der Waals surface area contributed by atoms with Crippen molar-refractivity contribution in [3.63, 3.8) is 0 Å². The van der Waals surface area contributed by atoms with Crippen molar-refractivity contribution in [3.8, 4) is 11.3 Å². The first kappa shape index (κ1) is 16.5. The van der Waals surface area contributed by atoms with E-state index in [4.69, 9.17) is 14.7 Å². The minimum absolute atomic E-state index is 0.307. The molecule has 0 bridgehead atoms. The maximum Gasteiger partial charge on any atom is 0.226 e. The molecule has 2 aliphatic heterocycles. The molecule has 0 radical (unpaired) electrons. The van der Waals surface area contributed by atoms with Crippen LogP contribution in [0.5, 0.6) is 0 Å². The van der Waals surface area contributed by atoms with Gasteiger partial charge in [0.15, 0.2) is 0 Å². The van der Waals surface area contributed by atoms with E-state index in [0.717, 1.165) is 57.3 Å². The smallest absolute Gasteiger partial charge is 0.226 e. The molecular weight excluding hydrogens is 312 g/mol. The number of aromatic nitrogens is 2. The zero-order chi connectivity index (χ0) is 17.2. The number of hydrogen-bond acceptors (Lipinski definition) is 5. The number of hydrogen-bond donors (Lipinski definition) is 1. The molecular formula is C20H26N4O. The molecule has 0 saturated carbocycles. The highest BCUT2D eigenvalue weighted by Gasteiger charge is 2.25. The molecule has 1 fully saturated rings. The summed E-state index contributed by atoms with van der Waals surface area (Å²) in [5.41, 5.74) is 6.06. The Balaban J connectivity index is 1.82. The minimum atomic E-state index is 0.307. The second-order valence-corrected chi connectivity index (χ2v) is 7.03. The summed E-state index contributed by atoms with van der Waals surface area (Å²) in [7, 11) is 0. The van der Waals surface area contributed by atoms with Gasteiger partial charge >= 0.3 is 0 Å². The monoisotopic (exact) mass is 338 g/mol. The Morgan fingerprint density at radius 1 is 1.12 bits per heavy atom. The molecule has 3 heterocycles. The summed E-state index contributed by atoms with van der Waals surface area (Å²) in [4.78, 5) is 12.3. The van der Waals surface area contributed by atoms with Crippen LogP contribution in [-0.2, 0) is 17.6 Å². The molecule has 1 aromatic heterocycles. The Kier molecular flexibility index (Phi) is 4.68. The third kappa shape index (κ3) is 3.39. The molecule has 0 aliphatic carbocycles. The molecule has 2 aromatic rings. The van der Waals surface area contributed by atoms with Gasteiger partial charge in [0.25, 0.3) is 0 Å². The molecule has 0 amide bonds. The van der Waals surface area contributed by atoms with Crippen LogP contribution in [-0.4, -0.2) is 48.9 Å². The third-order valence-corrected chi connectivity index (χ3v) is 5.12. The number of nitrogens with zero attached hydrogens (tertiary/aromatic N) is 3. The van der Waals surface area contributed by atoms with E-state index >= 15 is 0 Å². The lowest BCUT2D eigenvalue weighted by atomic mass is 10.0. The lowest BCUT2D eigenvalue weighted by Gasteiger charge is -2.34. The van der Waals surface area contributed by atoms with Crippen molar-refractivity contribution in [2.45, 2.75) is 32.7 Å². The molecule has 132 valence electrons. The van der Waals surface area contributed by atoms with E-state index in [1.165, 1.54) is 22.4 Å². The number of anilines is 1. The second kappa shape index (κ2) is 7.10. The Bertz CT molecular complexity index is 744. The first-order valence-electron chi connectivity index (χ1n) is 9.24. The van der Waals surface area contributed by atoms with Crippen molar-refractivity contribution < 1.29 is 4.74 Å². The predicted molar refractivity (Wildman–Crippen MR) is 100 cm³/mol. The fourth-order valence-corrected chi connectivity index (χ4v) is 3.63. The zero-order valence-electron chi connectivity index (χ0n) is 15.1. The summed E-state index contributed by atoms with van der Waals surface area (Å²) in [6.07, 6.45) is 1.94. The molecule has 1 N–H and O–H groups in total. The van der Waals surface area contributed by atoms with Gasteiger partial charge in [-0.2, -0.15) is 0 Å². The number of nitrogens with one attached hydrogen (secondary N) is 1. The average Bonchev–Trinajstić information content (AvgIpc) is 2.87. The standard InChI is InChI=1S/C20H26N4O/c1-14-3-5-16(6-4-14)19-17-7-9-21-10-8-18(17)22-20(23-19)24-11-12-25-13-15(24)2/h3-6,15,21H,7-13H2,1-2H3/t15-/m1/s1. The van der Waals surface area contributed by atoms with E-state index < -0.39 is 0 Å². The average molecular weight is 338 g/mol. The van der Waals surface area contributed by atoms with Gasteiger partial charge in [-0.1, -0.05) is 29.8 Å². The van der Waals surface area contributed by atoms with Gasteiger partial charge in [0.1, 0.15) is 0 Å². The lowest BCUT2D eigenvalue weighted by molar-refractivity contribution is 0.0980. The number of benzene rings is 1. The van der Waals surface area contributed by atoms with Crippen LogP contribution in [0.25, 0.3) is 11.3 Å². The maximum absolute atomic E-state index is 5.59. The van der Waals surface area contributed by atoms with Crippen molar-refractivity contribution in [1.82, 2.24) is 15.3 Å². The maximum atomic E-state index is 5.59. The van der Waals surface area contributed by atoms with Crippen molar-refractivity contribution >= 4 is 5.95 Å². The second-order valence-electron chi connectivity index (χ2n) is 7.03. The highest BCUT2D eigenvalue weighted by molar-refractivity contribution is 5.66. The molecule has 5 heteroatoms. The van der Waals surface area contributed by atoms with E-state index in [9.17, 15) is 0 Å². The quantitative estimate of drug-likeness (QED) is 0.911. The molecule has 1 aromatic carbocycles. The highest BCUT2D eigenvalue weighted by Crippen LogP contribution is 2.29. The molecule has 1 saturated heterocycles. The number of fused-ring (bicyclic) bond motifs is 1. The molecule has 2 aliphatic rings. The van der Waals surface area contributed by atoms with Crippen molar-refractivity contribution in [2.24, 2.45) is 0 Å². The predicted octanol–water partition coefficient (Wildman–Crippen LogP) is 2.37. The molecule has 4 rings (SSSR count). The van der Waals surface area contributed by atoms with E-state index in [1.54, 1.807) is 0 Å².